The molecule has 5 heteroatoms. The molecule has 0 aliphatic carbocycles. The van der Waals surface area contributed by atoms with Crippen LogP contribution in [0.5, 0.6) is 0 Å². The van der Waals surface area contributed by atoms with E-state index in [1.165, 1.54) is 14.9 Å². The molecule has 0 saturated heterocycles. The second-order valence-corrected chi connectivity index (χ2v) is 7.13. The van der Waals surface area contributed by atoms with Gasteiger partial charge in [-0.15, -0.1) is 11.3 Å². The molecule has 2 heterocycles. The summed E-state index contributed by atoms with van der Waals surface area (Å²) in [6.45, 7) is 6.14. The second kappa shape index (κ2) is 7.20. The number of anilines is 1. The smallest absolute Gasteiger partial charge is 0.128 e. The Kier molecular flexibility index (Phi) is 5.57. The lowest BCUT2D eigenvalue weighted by Gasteiger charge is -2.20. The predicted octanol–water partition coefficient (Wildman–Crippen LogP) is 4.21. The lowest BCUT2D eigenvalue weighted by atomic mass is 10.1. The van der Waals surface area contributed by atoms with Crippen LogP contribution in [-0.2, 0) is 6.54 Å². The van der Waals surface area contributed by atoms with Crippen LogP contribution in [0.2, 0.25) is 0 Å². The Morgan fingerprint density at radius 1 is 1.45 bits per heavy atom. The van der Waals surface area contributed by atoms with Gasteiger partial charge in [-0.2, -0.15) is 0 Å². The van der Waals surface area contributed by atoms with Gasteiger partial charge in [0.1, 0.15) is 5.82 Å². The number of halogens is 1. The van der Waals surface area contributed by atoms with Crippen LogP contribution in [0.1, 0.15) is 31.0 Å². The molecule has 0 spiro atoms. The number of nitrogens with zero attached hydrogens (tertiary/aromatic N) is 2. The van der Waals surface area contributed by atoms with Gasteiger partial charge in [-0.25, -0.2) is 4.98 Å². The van der Waals surface area contributed by atoms with Crippen LogP contribution in [0.25, 0.3) is 0 Å². The van der Waals surface area contributed by atoms with Crippen LogP contribution >= 0.6 is 27.3 Å². The first kappa shape index (κ1) is 15.5. The van der Waals surface area contributed by atoms with Crippen molar-refractivity contribution in [1.29, 1.82) is 0 Å². The third kappa shape index (κ3) is 4.04. The summed E-state index contributed by atoms with van der Waals surface area (Å²) in [6, 6.07) is 6.75. The Hall–Kier alpha value is -0.910. The van der Waals surface area contributed by atoms with Gasteiger partial charge in [0.25, 0.3) is 0 Å². The number of rotatable bonds is 6. The van der Waals surface area contributed by atoms with E-state index in [9.17, 15) is 0 Å². The first-order chi connectivity index (χ1) is 9.60. The van der Waals surface area contributed by atoms with Gasteiger partial charge in [0.15, 0.2) is 0 Å². The van der Waals surface area contributed by atoms with Crippen molar-refractivity contribution in [3.8, 4) is 0 Å². The highest BCUT2D eigenvalue weighted by atomic mass is 79.9. The van der Waals surface area contributed by atoms with Crippen molar-refractivity contribution in [1.82, 2.24) is 10.3 Å². The minimum Gasteiger partial charge on any atom is -0.355 e. The van der Waals surface area contributed by atoms with Gasteiger partial charge < -0.3 is 10.2 Å². The van der Waals surface area contributed by atoms with Crippen molar-refractivity contribution in [3.05, 3.63) is 44.7 Å². The van der Waals surface area contributed by atoms with Crippen molar-refractivity contribution in [2.45, 2.75) is 26.4 Å². The SMILES string of the molecule is CCNC(C)c1ccnc(N(C)Cc2csc(Br)c2)c1. The molecule has 0 bridgehead atoms. The molecule has 0 saturated carbocycles. The molecule has 1 unspecified atom stereocenters. The number of pyridine rings is 1. The quantitative estimate of drug-likeness (QED) is 0.842. The summed E-state index contributed by atoms with van der Waals surface area (Å²) < 4.78 is 1.17. The van der Waals surface area contributed by atoms with Gasteiger partial charge in [-0.3, -0.25) is 0 Å². The van der Waals surface area contributed by atoms with E-state index in [1.54, 1.807) is 11.3 Å². The maximum Gasteiger partial charge on any atom is 0.128 e. The van der Waals surface area contributed by atoms with Crippen molar-refractivity contribution in [2.24, 2.45) is 0 Å². The van der Waals surface area contributed by atoms with Gasteiger partial charge in [-0.05, 0) is 64.1 Å². The monoisotopic (exact) mass is 353 g/mol. The summed E-state index contributed by atoms with van der Waals surface area (Å²) in [5, 5.41) is 5.60. The first-order valence-corrected chi connectivity index (χ1v) is 8.40. The van der Waals surface area contributed by atoms with Gasteiger partial charge in [-0.1, -0.05) is 6.92 Å². The fourth-order valence-electron chi connectivity index (χ4n) is 2.12. The molecule has 3 nitrogen and oxygen atoms in total. The Morgan fingerprint density at radius 2 is 2.25 bits per heavy atom. The molecule has 0 aliphatic rings. The minimum absolute atomic E-state index is 0.352. The molecular formula is C15H20BrN3S. The summed E-state index contributed by atoms with van der Waals surface area (Å²) in [5.41, 5.74) is 2.58. The van der Waals surface area contributed by atoms with Crippen LogP contribution in [0.3, 0.4) is 0 Å². The van der Waals surface area contributed by atoms with E-state index in [1.807, 2.05) is 6.20 Å². The molecular weight excluding hydrogens is 334 g/mol. The average Bonchev–Trinajstić information content (AvgIpc) is 2.84. The van der Waals surface area contributed by atoms with Crippen molar-refractivity contribution < 1.29 is 0 Å². The number of thiophene rings is 1. The lowest BCUT2D eigenvalue weighted by molar-refractivity contribution is 0.597. The highest BCUT2D eigenvalue weighted by Crippen LogP contribution is 2.23. The van der Waals surface area contributed by atoms with Gasteiger partial charge >= 0.3 is 0 Å². The summed E-state index contributed by atoms with van der Waals surface area (Å²) in [5.74, 6) is 1.01. The fourth-order valence-corrected chi connectivity index (χ4v) is 3.32. The predicted molar refractivity (Wildman–Crippen MR) is 90.5 cm³/mol. The number of hydrogen-bond acceptors (Lipinski definition) is 4. The Balaban J connectivity index is 2.09. The van der Waals surface area contributed by atoms with Crippen molar-refractivity contribution in [2.75, 3.05) is 18.5 Å². The Labute approximate surface area is 133 Å². The molecule has 0 fully saturated rings. The normalized spacial score (nSPS) is 12.4. The third-order valence-corrected chi connectivity index (χ3v) is 4.77. The largest absolute Gasteiger partial charge is 0.355 e. The highest BCUT2D eigenvalue weighted by molar-refractivity contribution is 9.11. The molecule has 1 N–H and O–H groups in total. The molecule has 108 valence electrons. The van der Waals surface area contributed by atoms with E-state index in [-0.39, 0.29) is 0 Å². The Bertz CT molecular complexity index is 556. The molecule has 0 amide bonds. The van der Waals surface area contributed by atoms with Crippen molar-refractivity contribution >= 4 is 33.1 Å². The zero-order valence-corrected chi connectivity index (χ0v) is 14.5. The van der Waals surface area contributed by atoms with E-state index >= 15 is 0 Å². The molecule has 2 rings (SSSR count). The standard InChI is InChI=1S/C15H20BrN3S/c1-4-17-11(2)13-5-6-18-15(8-13)19(3)9-12-7-14(16)20-10-12/h5-8,10-11,17H,4,9H2,1-3H3. The summed E-state index contributed by atoms with van der Waals surface area (Å²) in [7, 11) is 2.08. The molecule has 20 heavy (non-hydrogen) atoms. The van der Waals surface area contributed by atoms with Crippen LogP contribution in [0.15, 0.2) is 33.6 Å². The first-order valence-electron chi connectivity index (χ1n) is 6.73. The van der Waals surface area contributed by atoms with Gasteiger partial charge in [0, 0.05) is 25.8 Å². The molecule has 0 aromatic carbocycles. The van der Waals surface area contributed by atoms with E-state index in [0.717, 1.165) is 18.9 Å². The molecule has 1 atom stereocenters. The van der Waals surface area contributed by atoms with Gasteiger partial charge in [0.05, 0.1) is 3.79 Å². The maximum absolute atomic E-state index is 4.47. The van der Waals surface area contributed by atoms with Crippen molar-refractivity contribution in [3.63, 3.8) is 0 Å². The third-order valence-electron chi connectivity index (χ3n) is 3.21. The molecule has 2 aromatic heterocycles. The summed E-state index contributed by atoms with van der Waals surface area (Å²) in [4.78, 5) is 6.65. The second-order valence-electron chi connectivity index (χ2n) is 4.84. The van der Waals surface area contributed by atoms with Gasteiger partial charge in [0.2, 0.25) is 0 Å². The summed E-state index contributed by atoms with van der Waals surface area (Å²) >= 11 is 5.22. The topological polar surface area (TPSA) is 28.2 Å². The van der Waals surface area contributed by atoms with Crippen LogP contribution in [0, 0.1) is 0 Å². The van der Waals surface area contributed by atoms with Crippen LogP contribution < -0.4 is 10.2 Å². The fraction of sp³-hybridized carbons (Fsp3) is 0.400. The zero-order chi connectivity index (χ0) is 14.5. The number of nitrogens with one attached hydrogen (secondary N) is 1. The van der Waals surface area contributed by atoms with Crippen LogP contribution in [-0.4, -0.2) is 18.6 Å². The molecule has 2 aromatic rings. The van der Waals surface area contributed by atoms with Crippen LogP contribution in [0.4, 0.5) is 5.82 Å². The highest BCUT2D eigenvalue weighted by Gasteiger charge is 2.09. The average molecular weight is 354 g/mol. The Morgan fingerprint density at radius 3 is 2.90 bits per heavy atom. The number of aromatic nitrogens is 1. The molecule has 0 radical (unpaired) electrons. The van der Waals surface area contributed by atoms with E-state index in [2.05, 4.69) is 75.6 Å². The molecule has 0 aliphatic heterocycles. The maximum atomic E-state index is 4.47. The lowest BCUT2D eigenvalue weighted by Crippen LogP contribution is -2.20. The van der Waals surface area contributed by atoms with E-state index < -0.39 is 0 Å². The van der Waals surface area contributed by atoms with E-state index in [4.69, 9.17) is 0 Å². The number of hydrogen-bond donors (Lipinski definition) is 1. The zero-order valence-electron chi connectivity index (χ0n) is 12.1. The summed E-state index contributed by atoms with van der Waals surface area (Å²) in [6.07, 6.45) is 1.89. The van der Waals surface area contributed by atoms with E-state index in [0.29, 0.717) is 6.04 Å². The minimum atomic E-state index is 0.352.